The van der Waals surface area contributed by atoms with Gasteiger partial charge in [-0.1, -0.05) is 24.3 Å². The first-order valence-corrected chi connectivity index (χ1v) is 7.93. The van der Waals surface area contributed by atoms with Crippen LogP contribution in [0.5, 0.6) is 0 Å². The van der Waals surface area contributed by atoms with Crippen LogP contribution in [0.25, 0.3) is 0 Å². The third-order valence-electron chi connectivity index (χ3n) is 3.58. The van der Waals surface area contributed by atoms with Gasteiger partial charge in [-0.3, -0.25) is 4.31 Å². The largest absolute Gasteiger partial charge is 0.270 e. The van der Waals surface area contributed by atoms with Crippen molar-refractivity contribution >= 4 is 15.7 Å². The van der Waals surface area contributed by atoms with Crippen LogP contribution < -0.4 is 4.31 Å². The lowest BCUT2D eigenvalue weighted by atomic mass is 10.1. The smallest absolute Gasteiger partial charge is 0.263 e. The van der Waals surface area contributed by atoms with Crippen molar-refractivity contribution in [2.45, 2.75) is 24.3 Å². The van der Waals surface area contributed by atoms with Crippen LogP contribution in [0.15, 0.2) is 47.4 Å². The second-order valence-corrected chi connectivity index (χ2v) is 6.79. The highest BCUT2D eigenvalue weighted by molar-refractivity contribution is 7.93. The maximum absolute atomic E-state index is 13.9. The van der Waals surface area contributed by atoms with Crippen LogP contribution in [0.3, 0.4) is 0 Å². The molecule has 0 saturated heterocycles. The van der Waals surface area contributed by atoms with Gasteiger partial charge in [0, 0.05) is 6.04 Å². The van der Waals surface area contributed by atoms with Gasteiger partial charge in [0.15, 0.2) is 4.90 Å². The van der Waals surface area contributed by atoms with Crippen LogP contribution in [0.2, 0.25) is 0 Å². The fourth-order valence-electron chi connectivity index (χ4n) is 2.73. The highest BCUT2D eigenvalue weighted by atomic mass is 32.2. The molecule has 0 aromatic heterocycles. The molecule has 1 atom stereocenters. The number of hydrogen-bond acceptors (Lipinski definition) is 2. The van der Waals surface area contributed by atoms with E-state index in [9.17, 15) is 17.2 Å². The predicted molar refractivity (Wildman–Crippen MR) is 75.6 cm³/mol. The molecular weight excluding hydrogens is 296 g/mol. The van der Waals surface area contributed by atoms with Gasteiger partial charge < -0.3 is 0 Å². The summed E-state index contributed by atoms with van der Waals surface area (Å²) in [5.74, 6) is -2.15. The summed E-state index contributed by atoms with van der Waals surface area (Å²) in [5, 5.41) is 0. The summed E-state index contributed by atoms with van der Waals surface area (Å²) in [7, 11) is -4.28. The van der Waals surface area contributed by atoms with E-state index in [0.29, 0.717) is 12.1 Å². The molecule has 21 heavy (non-hydrogen) atoms. The minimum Gasteiger partial charge on any atom is -0.263 e. The van der Waals surface area contributed by atoms with E-state index >= 15 is 0 Å². The Bertz CT molecular complexity index is 785. The molecule has 0 fully saturated rings. The van der Waals surface area contributed by atoms with Crippen molar-refractivity contribution in [2.75, 3.05) is 4.31 Å². The van der Waals surface area contributed by atoms with Crippen LogP contribution >= 0.6 is 0 Å². The van der Waals surface area contributed by atoms with Crippen molar-refractivity contribution in [3.05, 3.63) is 59.7 Å². The molecule has 0 amide bonds. The first-order chi connectivity index (χ1) is 9.93. The molecule has 6 heteroatoms. The number of sulfonamides is 1. The van der Waals surface area contributed by atoms with Crippen molar-refractivity contribution in [3.63, 3.8) is 0 Å². The summed E-state index contributed by atoms with van der Waals surface area (Å²) >= 11 is 0. The third kappa shape index (κ3) is 2.10. The summed E-state index contributed by atoms with van der Waals surface area (Å²) in [6.45, 7) is 1.72. The molecule has 0 N–H and O–H groups in total. The Labute approximate surface area is 121 Å². The molecule has 1 heterocycles. The zero-order chi connectivity index (χ0) is 15.2. The van der Waals surface area contributed by atoms with Gasteiger partial charge in [-0.25, -0.2) is 17.2 Å². The zero-order valence-corrected chi connectivity index (χ0v) is 12.1. The van der Waals surface area contributed by atoms with Crippen molar-refractivity contribution in [3.8, 4) is 0 Å². The molecule has 0 aliphatic carbocycles. The van der Waals surface area contributed by atoms with Crippen LogP contribution in [-0.4, -0.2) is 14.5 Å². The SMILES string of the molecule is C[C@@H]1Cc2ccccc2N1S(=O)(=O)c1c(F)cccc1F. The van der Waals surface area contributed by atoms with Gasteiger partial charge in [0.05, 0.1) is 5.69 Å². The van der Waals surface area contributed by atoms with Gasteiger partial charge in [0.1, 0.15) is 11.6 Å². The second kappa shape index (κ2) is 4.80. The third-order valence-corrected chi connectivity index (χ3v) is 5.56. The van der Waals surface area contributed by atoms with E-state index < -0.39 is 26.6 Å². The fourth-order valence-corrected chi connectivity index (χ4v) is 4.54. The highest BCUT2D eigenvalue weighted by Gasteiger charge is 2.38. The lowest BCUT2D eigenvalue weighted by molar-refractivity contribution is 0.515. The number of rotatable bonds is 2. The molecule has 0 bridgehead atoms. The molecule has 0 unspecified atom stereocenters. The van der Waals surface area contributed by atoms with Crippen LogP contribution in [0.4, 0.5) is 14.5 Å². The summed E-state index contributed by atoms with van der Waals surface area (Å²) < 4.78 is 54.2. The topological polar surface area (TPSA) is 37.4 Å². The van der Waals surface area contributed by atoms with Gasteiger partial charge in [-0.2, -0.15) is 0 Å². The second-order valence-electron chi connectivity index (χ2n) is 5.03. The van der Waals surface area contributed by atoms with Crippen LogP contribution in [0, 0.1) is 11.6 Å². The Balaban J connectivity index is 2.20. The Morgan fingerprint density at radius 1 is 1.05 bits per heavy atom. The van der Waals surface area contributed by atoms with Crippen molar-refractivity contribution in [1.29, 1.82) is 0 Å². The molecule has 110 valence electrons. The molecule has 1 aliphatic heterocycles. The lowest BCUT2D eigenvalue weighted by Crippen LogP contribution is -2.36. The Hall–Kier alpha value is -1.95. The number of fused-ring (bicyclic) bond motifs is 1. The number of nitrogens with zero attached hydrogens (tertiary/aromatic N) is 1. The first kappa shape index (κ1) is 14.0. The minimum absolute atomic E-state index is 0.383. The summed E-state index contributed by atoms with van der Waals surface area (Å²) in [6, 6.07) is 9.64. The molecule has 2 aromatic carbocycles. The maximum atomic E-state index is 13.9. The molecule has 3 nitrogen and oxygen atoms in total. The summed E-state index contributed by atoms with van der Waals surface area (Å²) in [5.41, 5.74) is 1.33. The van der Waals surface area contributed by atoms with Gasteiger partial charge in [-0.05, 0) is 37.1 Å². The molecule has 2 aromatic rings. The number of hydrogen-bond donors (Lipinski definition) is 0. The van der Waals surface area contributed by atoms with E-state index in [0.717, 1.165) is 28.1 Å². The van der Waals surface area contributed by atoms with Crippen molar-refractivity contribution in [1.82, 2.24) is 0 Å². The number of benzene rings is 2. The van der Waals surface area contributed by atoms with E-state index in [2.05, 4.69) is 0 Å². The predicted octanol–water partition coefficient (Wildman–Crippen LogP) is 3.10. The standard InChI is InChI=1S/C15H13F2NO2S/c1-10-9-11-5-2-3-8-14(11)18(10)21(19,20)15-12(16)6-4-7-13(15)17/h2-8,10H,9H2,1H3/t10-/m1/s1. The van der Waals surface area contributed by atoms with E-state index in [1.165, 1.54) is 0 Å². The zero-order valence-electron chi connectivity index (χ0n) is 11.3. The van der Waals surface area contributed by atoms with Crippen LogP contribution in [-0.2, 0) is 16.4 Å². The maximum Gasteiger partial charge on any atom is 0.270 e. The van der Waals surface area contributed by atoms with E-state index in [-0.39, 0.29) is 6.04 Å². The Morgan fingerprint density at radius 3 is 2.33 bits per heavy atom. The van der Waals surface area contributed by atoms with Crippen molar-refractivity contribution in [2.24, 2.45) is 0 Å². The first-order valence-electron chi connectivity index (χ1n) is 6.49. The normalized spacial score (nSPS) is 17.9. The Morgan fingerprint density at radius 2 is 1.67 bits per heavy atom. The average molecular weight is 309 g/mol. The van der Waals surface area contributed by atoms with Gasteiger partial charge in [-0.15, -0.1) is 0 Å². The van der Waals surface area contributed by atoms with E-state index in [4.69, 9.17) is 0 Å². The molecule has 1 aliphatic rings. The van der Waals surface area contributed by atoms with Gasteiger partial charge in [0.25, 0.3) is 10.0 Å². The number of anilines is 1. The summed E-state index contributed by atoms with van der Waals surface area (Å²) in [6.07, 6.45) is 0.519. The van der Waals surface area contributed by atoms with Crippen molar-refractivity contribution < 1.29 is 17.2 Å². The lowest BCUT2D eigenvalue weighted by Gasteiger charge is -2.24. The molecular formula is C15H13F2NO2S. The van der Waals surface area contributed by atoms with Gasteiger partial charge >= 0.3 is 0 Å². The molecule has 0 spiro atoms. The van der Waals surface area contributed by atoms with E-state index in [1.807, 2.05) is 12.1 Å². The molecule has 0 saturated carbocycles. The fraction of sp³-hybridized carbons (Fsp3) is 0.200. The number of halogens is 2. The monoisotopic (exact) mass is 309 g/mol. The molecule has 0 radical (unpaired) electrons. The van der Waals surface area contributed by atoms with Crippen LogP contribution in [0.1, 0.15) is 12.5 Å². The molecule has 3 rings (SSSR count). The Kier molecular flexibility index (Phi) is 3.20. The van der Waals surface area contributed by atoms with E-state index in [1.54, 1.807) is 19.1 Å². The van der Waals surface area contributed by atoms with Gasteiger partial charge in [0.2, 0.25) is 0 Å². The summed E-state index contributed by atoms with van der Waals surface area (Å²) in [4.78, 5) is -0.895. The quantitative estimate of drug-likeness (QED) is 0.855. The minimum atomic E-state index is -4.28. The average Bonchev–Trinajstić information content (AvgIpc) is 2.74. The highest BCUT2D eigenvalue weighted by Crippen LogP contribution is 2.37. The number of para-hydroxylation sites is 1.